The molecule has 2 aromatic rings. The monoisotopic (exact) mass is 422 g/mol. The van der Waals surface area contributed by atoms with Gasteiger partial charge in [0.2, 0.25) is 0 Å². The Morgan fingerprint density at radius 1 is 1.12 bits per heavy atom. The van der Waals surface area contributed by atoms with E-state index >= 15 is 0 Å². The molecule has 0 aromatic heterocycles. The van der Waals surface area contributed by atoms with Gasteiger partial charge in [0.15, 0.2) is 6.10 Å². The predicted octanol–water partition coefficient (Wildman–Crippen LogP) is 4.22. The van der Waals surface area contributed by atoms with Crippen molar-refractivity contribution >= 4 is 39.1 Å². The summed E-state index contributed by atoms with van der Waals surface area (Å²) in [6.07, 6.45) is -0.568. The second-order valence-electron chi connectivity index (χ2n) is 5.98. The number of hydrogen-bond acceptors (Lipinski definition) is 3. The molecule has 4 nitrogen and oxygen atoms in total. The van der Waals surface area contributed by atoms with Gasteiger partial charge in [0.1, 0.15) is 5.75 Å². The van der Waals surface area contributed by atoms with Gasteiger partial charge < -0.3 is 14.5 Å². The van der Waals surface area contributed by atoms with E-state index in [4.69, 9.17) is 16.3 Å². The summed E-state index contributed by atoms with van der Waals surface area (Å²) in [5.41, 5.74) is 1.19. The molecule has 6 heteroatoms. The van der Waals surface area contributed by atoms with Crippen molar-refractivity contribution in [3.63, 3.8) is 0 Å². The second-order valence-corrected chi connectivity index (χ2v) is 7.31. The van der Waals surface area contributed by atoms with Crippen LogP contribution in [-0.2, 0) is 4.79 Å². The molecule has 1 fully saturated rings. The number of nitrogens with zero attached hydrogens (tertiary/aromatic N) is 2. The van der Waals surface area contributed by atoms with Crippen LogP contribution >= 0.6 is 27.5 Å². The maximum atomic E-state index is 12.7. The molecular weight excluding hydrogens is 404 g/mol. The van der Waals surface area contributed by atoms with Crippen LogP contribution in [0.4, 0.5) is 5.69 Å². The summed E-state index contributed by atoms with van der Waals surface area (Å²) < 4.78 is 6.64. The van der Waals surface area contributed by atoms with Crippen molar-refractivity contribution in [1.82, 2.24) is 4.90 Å². The van der Waals surface area contributed by atoms with Crippen LogP contribution in [0.2, 0.25) is 5.02 Å². The van der Waals surface area contributed by atoms with E-state index < -0.39 is 6.10 Å². The van der Waals surface area contributed by atoms with Crippen LogP contribution in [0, 0.1) is 0 Å². The molecule has 132 valence electrons. The lowest BCUT2D eigenvalue weighted by Gasteiger charge is -2.37. The molecule has 0 N–H and O–H groups in total. The molecule has 0 saturated carbocycles. The summed E-state index contributed by atoms with van der Waals surface area (Å²) in [5, 5.41) is 0.489. The van der Waals surface area contributed by atoms with Crippen LogP contribution in [0.3, 0.4) is 0 Å². The molecule has 0 spiro atoms. The number of amides is 1. The van der Waals surface area contributed by atoms with Gasteiger partial charge in [-0.15, -0.1) is 0 Å². The third-order valence-corrected chi connectivity index (χ3v) is 5.05. The molecule has 0 aliphatic carbocycles. The zero-order chi connectivity index (χ0) is 17.8. The summed E-state index contributed by atoms with van der Waals surface area (Å²) in [6, 6.07) is 15.6. The van der Waals surface area contributed by atoms with Crippen LogP contribution in [0.5, 0.6) is 5.75 Å². The minimum Gasteiger partial charge on any atom is -0.479 e. The predicted molar refractivity (Wildman–Crippen MR) is 104 cm³/mol. The van der Waals surface area contributed by atoms with Crippen LogP contribution in [0.15, 0.2) is 53.0 Å². The third-order valence-electron chi connectivity index (χ3n) is 4.26. The van der Waals surface area contributed by atoms with Gasteiger partial charge in [0, 0.05) is 36.3 Å². The molecule has 1 amide bonds. The van der Waals surface area contributed by atoms with Crippen LogP contribution in [0.1, 0.15) is 6.92 Å². The molecule has 3 rings (SSSR count). The molecule has 1 heterocycles. The highest BCUT2D eigenvalue weighted by molar-refractivity contribution is 9.10. The Morgan fingerprint density at radius 2 is 1.80 bits per heavy atom. The Kier molecular flexibility index (Phi) is 5.86. The second kappa shape index (κ2) is 8.11. The van der Waals surface area contributed by atoms with E-state index in [0.29, 0.717) is 23.9 Å². The average molecular weight is 424 g/mol. The first-order valence-electron chi connectivity index (χ1n) is 8.25. The number of carbonyl (C=O) groups is 1. The topological polar surface area (TPSA) is 32.8 Å². The summed E-state index contributed by atoms with van der Waals surface area (Å²) in [7, 11) is 0. The number of anilines is 1. The van der Waals surface area contributed by atoms with E-state index in [1.165, 1.54) is 5.69 Å². The minimum absolute atomic E-state index is 0.00769. The molecule has 1 atom stereocenters. The van der Waals surface area contributed by atoms with Gasteiger partial charge in [-0.3, -0.25) is 4.79 Å². The highest BCUT2D eigenvalue weighted by atomic mass is 79.9. The number of rotatable bonds is 4. The Labute approximate surface area is 161 Å². The van der Waals surface area contributed by atoms with Crippen molar-refractivity contribution in [2.24, 2.45) is 0 Å². The van der Waals surface area contributed by atoms with Crippen molar-refractivity contribution < 1.29 is 9.53 Å². The average Bonchev–Trinajstić information content (AvgIpc) is 2.64. The largest absolute Gasteiger partial charge is 0.479 e. The van der Waals surface area contributed by atoms with Gasteiger partial charge in [-0.2, -0.15) is 0 Å². The SMILES string of the molecule is C[C@H](Oc1ccc(Br)cc1Cl)C(=O)N1CCN(c2ccccc2)CC1. The Balaban J connectivity index is 1.56. The van der Waals surface area contributed by atoms with Crippen molar-refractivity contribution in [2.45, 2.75) is 13.0 Å². The zero-order valence-corrected chi connectivity index (χ0v) is 16.3. The van der Waals surface area contributed by atoms with E-state index in [2.05, 4.69) is 33.0 Å². The van der Waals surface area contributed by atoms with Crippen molar-refractivity contribution in [3.8, 4) is 5.75 Å². The molecule has 1 aliphatic rings. The summed E-state index contributed by atoms with van der Waals surface area (Å²) in [5.74, 6) is 0.514. The molecule has 2 aromatic carbocycles. The lowest BCUT2D eigenvalue weighted by atomic mass is 10.2. The highest BCUT2D eigenvalue weighted by Gasteiger charge is 2.26. The number of halogens is 2. The van der Waals surface area contributed by atoms with E-state index in [9.17, 15) is 4.79 Å². The first kappa shape index (κ1) is 18.1. The Bertz CT molecular complexity index is 733. The number of piperazine rings is 1. The highest BCUT2D eigenvalue weighted by Crippen LogP contribution is 2.28. The maximum Gasteiger partial charge on any atom is 0.263 e. The van der Waals surface area contributed by atoms with Crippen molar-refractivity contribution in [2.75, 3.05) is 31.1 Å². The lowest BCUT2D eigenvalue weighted by Crippen LogP contribution is -2.52. The standard InChI is InChI=1S/C19H20BrClN2O2/c1-14(25-18-8-7-15(20)13-17(18)21)19(24)23-11-9-22(10-12-23)16-5-3-2-4-6-16/h2-8,13-14H,9-12H2,1H3/t14-/m0/s1. The molecular formula is C19H20BrClN2O2. The smallest absolute Gasteiger partial charge is 0.263 e. The van der Waals surface area contributed by atoms with Crippen LogP contribution in [0.25, 0.3) is 0 Å². The quantitative estimate of drug-likeness (QED) is 0.738. The van der Waals surface area contributed by atoms with Crippen LogP contribution < -0.4 is 9.64 Å². The summed E-state index contributed by atoms with van der Waals surface area (Å²) in [4.78, 5) is 16.8. The molecule has 0 unspecified atom stereocenters. The number of para-hydroxylation sites is 1. The normalized spacial score (nSPS) is 15.8. The molecule has 1 aliphatic heterocycles. The zero-order valence-electron chi connectivity index (χ0n) is 14.0. The Morgan fingerprint density at radius 3 is 2.44 bits per heavy atom. The van der Waals surface area contributed by atoms with E-state index in [1.807, 2.05) is 29.2 Å². The van der Waals surface area contributed by atoms with Crippen LogP contribution in [-0.4, -0.2) is 43.1 Å². The van der Waals surface area contributed by atoms with Gasteiger partial charge in [0.25, 0.3) is 5.91 Å². The number of carbonyl (C=O) groups excluding carboxylic acids is 1. The van der Waals surface area contributed by atoms with Gasteiger partial charge in [-0.05, 0) is 37.3 Å². The summed E-state index contributed by atoms with van der Waals surface area (Å²) in [6.45, 7) is 4.79. The number of ether oxygens (including phenoxy) is 1. The van der Waals surface area contributed by atoms with Gasteiger partial charge >= 0.3 is 0 Å². The van der Waals surface area contributed by atoms with Gasteiger partial charge in [0.05, 0.1) is 5.02 Å². The molecule has 1 saturated heterocycles. The molecule has 0 bridgehead atoms. The lowest BCUT2D eigenvalue weighted by molar-refractivity contribution is -0.138. The van der Waals surface area contributed by atoms with E-state index in [-0.39, 0.29) is 5.91 Å². The molecule has 0 radical (unpaired) electrons. The Hall–Kier alpha value is -1.72. The minimum atomic E-state index is -0.568. The van der Waals surface area contributed by atoms with Gasteiger partial charge in [-0.1, -0.05) is 45.7 Å². The van der Waals surface area contributed by atoms with Crippen molar-refractivity contribution in [3.05, 3.63) is 58.0 Å². The fourth-order valence-electron chi connectivity index (χ4n) is 2.89. The van der Waals surface area contributed by atoms with E-state index in [1.54, 1.807) is 19.1 Å². The van der Waals surface area contributed by atoms with Gasteiger partial charge in [-0.25, -0.2) is 0 Å². The first-order chi connectivity index (χ1) is 12.0. The third kappa shape index (κ3) is 4.47. The number of benzene rings is 2. The number of hydrogen-bond donors (Lipinski definition) is 0. The summed E-state index contributed by atoms with van der Waals surface area (Å²) >= 11 is 9.52. The fourth-order valence-corrected chi connectivity index (χ4v) is 3.61. The van der Waals surface area contributed by atoms with Crippen molar-refractivity contribution in [1.29, 1.82) is 0 Å². The first-order valence-corrected chi connectivity index (χ1v) is 9.42. The fraction of sp³-hybridized carbons (Fsp3) is 0.316. The maximum absolute atomic E-state index is 12.7. The van der Waals surface area contributed by atoms with E-state index in [0.717, 1.165) is 17.6 Å². The molecule has 25 heavy (non-hydrogen) atoms.